The van der Waals surface area contributed by atoms with Crippen molar-refractivity contribution in [1.29, 1.82) is 0 Å². The molecule has 26 heavy (non-hydrogen) atoms. The van der Waals surface area contributed by atoms with E-state index in [2.05, 4.69) is 20.8 Å². The zero-order chi connectivity index (χ0) is 17.9. The summed E-state index contributed by atoms with van der Waals surface area (Å²) < 4.78 is 14.5. The summed E-state index contributed by atoms with van der Waals surface area (Å²) in [5.74, 6) is -0.497. The number of nitrogens with zero attached hydrogens (tertiary/aromatic N) is 4. The molecule has 0 unspecified atom stereocenters. The highest BCUT2D eigenvalue weighted by Crippen LogP contribution is 2.28. The number of nitrogens with one attached hydrogen (secondary N) is 1. The van der Waals surface area contributed by atoms with E-state index >= 15 is 0 Å². The van der Waals surface area contributed by atoms with Crippen molar-refractivity contribution in [1.82, 2.24) is 20.2 Å². The molecule has 4 rings (SSSR count). The third-order valence-electron chi connectivity index (χ3n) is 3.68. The summed E-state index contributed by atoms with van der Waals surface area (Å²) in [5.41, 5.74) is 2.25. The average molecular weight is 365 g/mol. The second-order valence-corrected chi connectivity index (χ2v) is 6.51. The number of anilines is 1. The maximum atomic E-state index is 13.0. The van der Waals surface area contributed by atoms with Crippen LogP contribution < -0.4 is 5.32 Å². The molecule has 0 aliphatic carbocycles. The van der Waals surface area contributed by atoms with E-state index in [-0.39, 0.29) is 11.7 Å². The molecule has 0 atom stereocenters. The van der Waals surface area contributed by atoms with Gasteiger partial charge in [0.1, 0.15) is 12.1 Å². The molecule has 2 aromatic carbocycles. The van der Waals surface area contributed by atoms with Crippen LogP contribution in [0.15, 0.2) is 67.0 Å². The van der Waals surface area contributed by atoms with Crippen LogP contribution in [0.25, 0.3) is 16.1 Å². The number of carbonyl (C=O) groups excluding carboxylic acids is 1. The zero-order valence-electron chi connectivity index (χ0n) is 13.3. The van der Waals surface area contributed by atoms with Gasteiger partial charge in [0.25, 0.3) is 5.91 Å². The van der Waals surface area contributed by atoms with Crippen LogP contribution in [0.1, 0.15) is 9.67 Å². The molecule has 2 heterocycles. The Morgan fingerprint density at radius 2 is 1.92 bits per heavy atom. The summed E-state index contributed by atoms with van der Waals surface area (Å²) in [6.45, 7) is 0. The van der Waals surface area contributed by atoms with E-state index < -0.39 is 0 Å². The molecule has 0 radical (unpaired) electrons. The van der Waals surface area contributed by atoms with Gasteiger partial charge >= 0.3 is 0 Å². The number of tetrazole rings is 1. The topological polar surface area (TPSA) is 72.7 Å². The first-order valence-corrected chi connectivity index (χ1v) is 8.51. The van der Waals surface area contributed by atoms with Gasteiger partial charge in [-0.2, -0.15) is 0 Å². The molecule has 0 fully saturated rings. The van der Waals surface area contributed by atoms with Gasteiger partial charge in [-0.1, -0.05) is 18.2 Å². The lowest BCUT2D eigenvalue weighted by Crippen LogP contribution is -2.10. The van der Waals surface area contributed by atoms with Crippen LogP contribution in [-0.4, -0.2) is 26.1 Å². The average Bonchev–Trinajstić information content (AvgIpc) is 3.35. The van der Waals surface area contributed by atoms with E-state index in [4.69, 9.17) is 0 Å². The highest BCUT2D eigenvalue weighted by Gasteiger charge is 2.11. The Hall–Kier alpha value is -3.39. The Morgan fingerprint density at radius 3 is 2.69 bits per heavy atom. The monoisotopic (exact) mass is 365 g/mol. The number of carbonyl (C=O) groups is 1. The van der Waals surface area contributed by atoms with Crippen molar-refractivity contribution in [2.24, 2.45) is 0 Å². The second kappa shape index (κ2) is 6.85. The van der Waals surface area contributed by atoms with Gasteiger partial charge in [0.15, 0.2) is 0 Å². The number of thiophene rings is 1. The maximum Gasteiger partial charge on any atom is 0.265 e. The molecular weight excluding hydrogens is 353 g/mol. The molecule has 0 bridgehead atoms. The first-order valence-electron chi connectivity index (χ1n) is 7.69. The zero-order valence-corrected chi connectivity index (χ0v) is 14.2. The highest BCUT2D eigenvalue weighted by atomic mass is 32.1. The largest absolute Gasteiger partial charge is 0.321 e. The summed E-state index contributed by atoms with van der Waals surface area (Å²) in [4.78, 5) is 14.0. The Kier molecular flexibility index (Phi) is 4.24. The SMILES string of the molecule is O=C(Nc1cccc(-n2cnnn2)c1)c1ccc(-c2ccc(F)cc2)s1. The van der Waals surface area contributed by atoms with Crippen LogP contribution in [-0.2, 0) is 0 Å². The predicted octanol–water partition coefficient (Wildman–Crippen LogP) is 3.78. The van der Waals surface area contributed by atoms with Crippen molar-refractivity contribution >= 4 is 22.9 Å². The fourth-order valence-corrected chi connectivity index (χ4v) is 3.33. The summed E-state index contributed by atoms with van der Waals surface area (Å²) in [5, 5.41) is 13.9. The molecule has 4 aromatic rings. The lowest BCUT2D eigenvalue weighted by Gasteiger charge is -2.06. The Balaban J connectivity index is 1.52. The van der Waals surface area contributed by atoms with Gasteiger partial charge in [-0.3, -0.25) is 4.79 Å². The molecule has 0 saturated heterocycles. The summed E-state index contributed by atoms with van der Waals surface area (Å²) in [6.07, 6.45) is 1.48. The van der Waals surface area contributed by atoms with Gasteiger partial charge in [0.05, 0.1) is 10.6 Å². The minimum atomic E-state index is -0.286. The van der Waals surface area contributed by atoms with Crippen LogP contribution >= 0.6 is 11.3 Å². The van der Waals surface area contributed by atoms with Gasteiger partial charge < -0.3 is 5.32 Å². The Labute approximate surface area is 151 Å². The molecule has 1 N–H and O–H groups in total. The standard InChI is InChI=1S/C18H12FN5OS/c19-13-6-4-12(5-7-13)16-8-9-17(26-16)18(25)21-14-2-1-3-15(10-14)24-11-20-22-23-24/h1-11H,(H,21,25). The number of rotatable bonds is 4. The number of aromatic nitrogens is 4. The molecular formula is C18H12FN5OS. The fraction of sp³-hybridized carbons (Fsp3) is 0. The Morgan fingerprint density at radius 1 is 1.08 bits per heavy atom. The van der Waals surface area contributed by atoms with Gasteiger partial charge in [0, 0.05) is 10.6 Å². The molecule has 0 saturated carbocycles. The fourth-order valence-electron chi connectivity index (χ4n) is 2.43. The van der Waals surface area contributed by atoms with Gasteiger partial charge in [0.2, 0.25) is 0 Å². The quantitative estimate of drug-likeness (QED) is 0.597. The van der Waals surface area contributed by atoms with Crippen molar-refractivity contribution in [3.8, 4) is 16.1 Å². The van der Waals surface area contributed by atoms with Crippen molar-refractivity contribution in [3.63, 3.8) is 0 Å². The minimum Gasteiger partial charge on any atom is -0.321 e. The third kappa shape index (κ3) is 3.35. The molecule has 6 nitrogen and oxygen atoms in total. The van der Waals surface area contributed by atoms with Crippen molar-refractivity contribution in [3.05, 3.63) is 77.7 Å². The van der Waals surface area contributed by atoms with E-state index in [1.807, 2.05) is 18.2 Å². The van der Waals surface area contributed by atoms with Crippen LogP contribution in [0, 0.1) is 5.82 Å². The summed E-state index contributed by atoms with van der Waals surface area (Å²) in [6, 6.07) is 17.0. The van der Waals surface area contributed by atoms with E-state index in [0.717, 1.165) is 16.1 Å². The van der Waals surface area contributed by atoms with Crippen molar-refractivity contribution in [2.45, 2.75) is 0 Å². The normalized spacial score (nSPS) is 10.7. The van der Waals surface area contributed by atoms with Crippen LogP contribution in [0.2, 0.25) is 0 Å². The summed E-state index contributed by atoms with van der Waals surface area (Å²) >= 11 is 1.35. The maximum absolute atomic E-state index is 13.0. The predicted molar refractivity (Wildman–Crippen MR) is 96.8 cm³/mol. The van der Waals surface area contributed by atoms with Crippen LogP contribution in [0.3, 0.4) is 0 Å². The van der Waals surface area contributed by atoms with Gasteiger partial charge in [-0.15, -0.1) is 16.4 Å². The first-order chi connectivity index (χ1) is 12.7. The van der Waals surface area contributed by atoms with E-state index in [9.17, 15) is 9.18 Å². The summed E-state index contributed by atoms with van der Waals surface area (Å²) in [7, 11) is 0. The second-order valence-electron chi connectivity index (χ2n) is 5.43. The number of halogens is 1. The third-order valence-corrected chi connectivity index (χ3v) is 4.81. The molecule has 0 aliphatic rings. The highest BCUT2D eigenvalue weighted by molar-refractivity contribution is 7.17. The number of benzene rings is 2. The first kappa shape index (κ1) is 16.1. The van der Waals surface area contributed by atoms with Gasteiger partial charge in [-0.25, -0.2) is 9.07 Å². The molecule has 0 spiro atoms. The number of hydrogen-bond donors (Lipinski definition) is 1. The Bertz CT molecular complexity index is 1040. The van der Waals surface area contributed by atoms with Crippen molar-refractivity contribution < 1.29 is 9.18 Å². The number of amides is 1. The lowest BCUT2D eigenvalue weighted by atomic mass is 10.2. The minimum absolute atomic E-state index is 0.211. The smallest absolute Gasteiger partial charge is 0.265 e. The van der Waals surface area contributed by atoms with Crippen molar-refractivity contribution in [2.75, 3.05) is 5.32 Å². The number of hydrogen-bond acceptors (Lipinski definition) is 5. The molecule has 2 aromatic heterocycles. The molecule has 8 heteroatoms. The molecule has 0 aliphatic heterocycles. The van der Waals surface area contributed by atoms with E-state index in [1.54, 1.807) is 30.3 Å². The molecule has 128 valence electrons. The van der Waals surface area contributed by atoms with Gasteiger partial charge in [-0.05, 0) is 58.5 Å². The molecule has 1 amide bonds. The van der Waals surface area contributed by atoms with E-state index in [0.29, 0.717) is 10.6 Å². The van der Waals surface area contributed by atoms with Crippen LogP contribution in [0.4, 0.5) is 10.1 Å². The lowest BCUT2D eigenvalue weighted by molar-refractivity contribution is 0.103. The van der Waals surface area contributed by atoms with Crippen LogP contribution in [0.5, 0.6) is 0 Å². The van der Waals surface area contributed by atoms with E-state index in [1.165, 1.54) is 34.5 Å².